The van der Waals surface area contributed by atoms with Crippen molar-refractivity contribution in [2.24, 2.45) is 0 Å². The van der Waals surface area contributed by atoms with Crippen LogP contribution in [-0.4, -0.2) is 34.4 Å². The molecule has 8 heteroatoms. The molecule has 0 saturated heterocycles. The Morgan fingerprint density at radius 3 is 2.62 bits per heavy atom. The van der Waals surface area contributed by atoms with E-state index in [0.717, 1.165) is 37.9 Å². The number of benzene rings is 2. The van der Waals surface area contributed by atoms with Crippen LogP contribution in [0.3, 0.4) is 0 Å². The fourth-order valence-electron chi connectivity index (χ4n) is 2.56. The Balaban J connectivity index is 1.88. The second kappa shape index (κ2) is 8.09. The number of hydrogen-bond acceptors (Lipinski definition) is 6. The van der Waals surface area contributed by atoms with Crippen molar-refractivity contribution in [3.63, 3.8) is 0 Å². The van der Waals surface area contributed by atoms with Crippen LogP contribution in [-0.2, 0) is 5.75 Å². The normalized spacial score (nSPS) is 10.8. The standard InChI is InChI=1S/C18H19BrN4O2S/c1-11-6-5-7-15(12(11)2)23-18(20-21-22-23)26-10-13-8-17(25-4)14(19)9-16(13)24-3/h5-9H,10H2,1-4H3. The first kappa shape index (κ1) is 18.7. The smallest absolute Gasteiger partial charge is 0.214 e. The highest BCUT2D eigenvalue weighted by atomic mass is 79.9. The van der Waals surface area contributed by atoms with E-state index in [4.69, 9.17) is 9.47 Å². The number of ether oxygens (including phenoxy) is 2. The summed E-state index contributed by atoms with van der Waals surface area (Å²) in [6.45, 7) is 4.15. The number of hydrogen-bond donors (Lipinski definition) is 0. The molecular formula is C18H19BrN4O2S. The zero-order valence-corrected chi connectivity index (χ0v) is 17.4. The van der Waals surface area contributed by atoms with Gasteiger partial charge in [-0.15, -0.1) is 5.10 Å². The van der Waals surface area contributed by atoms with Gasteiger partial charge in [-0.05, 0) is 69.5 Å². The molecule has 0 aliphatic carbocycles. The molecule has 0 bridgehead atoms. The van der Waals surface area contributed by atoms with E-state index >= 15 is 0 Å². The van der Waals surface area contributed by atoms with Gasteiger partial charge in [0.2, 0.25) is 5.16 Å². The van der Waals surface area contributed by atoms with Gasteiger partial charge >= 0.3 is 0 Å². The minimum atomic E-state index is 0.651. The third-order valence-electron chi connectivity index (χ3n) is 4.16. The first-order valence-corrected chi connectivity index (χ1v) is 9.71. The predicted molar refractivity (Wildman–Crippen MR) is 105 cm³/mol. The molecule has 0 aliphatic rings. The molecule has 2 aromatic carbocycles. The summed E-state index contributed by atoms with van der Waals surface area (Å²) in [5, 5.41) is 12.9. The number of halogens is 1. The zero-order chi connectivity index (χ0) is 18.7. The highest BCUT2D eigenvalue weighted by Crippen LogP contribution is 2.36. The van der Waals surface area contributed by atoms with Gasteiger partial charge in [0.05, 0.1) is 24.4 Å². The molecule has 0 aliphatic heterocycles. The van der Waals surface area contributed by atoms with Crippen molar-refractivity contribution in [2.75, 3.05) is 14.2 Å². The summed E-state index contributed by atoms with van der Waals surface area (Å²) in [5.74, 6) is 2.20. The van der Waals surface area contributed by atoms with Crippen LogP contribution in [0.25, 0.3) is 5.69 Å². The maximum atomic E-state index is 5.49. The number of aromatic nitrogens is 4. The van der Waals surface area contributed by atoms with Crippen molar-refractivity contribution in [1.29, 1.82) is 0 Å². The van der Waals surface area contributed by atoms with E-state index in [9.17, 15) is 0 Å². The lowest BCUT2D eigenvalue weighted by Gasteiger charge is -2.12. The Bertz CT molecular complexity index is 930. The Labute approximate surface area is 165 Å². The quantitative estimate of drug-likeness (QED) is 0.537. The van der Waals surface area contributed by atoms with Crippen molar-refractivity contribution in [1.82, 2.24) is 20.2 Å². The SMILES string of the molecule is COc1cc(CSc2nnnn2-c2cccc(C)c2C)c(OC)cc1Br. The Kier molecular flexibility index (Phi) is 5.83. The van der Waals surface area contributed by atoms with Crippen LogP contribution in [0.15, 0.2) is 40.0 Å². The second-order valence-electron chi connectivity index (χ2n) is 5.68. The average molecular weight is 435 g/mol. The summed E-state index contributed by atoms with van der Waals surface area (Å²) in [5.41, 5.74) is 4.35. The van der Waals surface area contributed by atoms with Crippen molar-refractivity contribution in [3.8, 4) is 17.2 Å². The molecule has 0 saturated carbocycles. The largest absolute Gasteiger partial charge is 0.496 e. The molecule has 3 aromatic rings. The molecule has 0 spiro atoms. The van der Waals surface area contributed by atoms with E-state index < -0.39 is 0 Å². The predicted octanol–water partition coefficient (Wildman–Crippen LogP) is 4.35. The van der Waals surface area contributed by atoms with Gasteiger partial charge in [0, 0.05) is 11.3 Å². The molecule has 0 atom stereocenters. The fourth-order valence-corrected chi connectivity index (χ4v) is 3.91. The van der Waals surface area contributed by atoms with E-state index in [0.29, 0.717) is 5.75 Å². The fraction of sp³-hybridized carbons (Fsp3) is 0.278. The van der Waals surface area contributed by atoms with Crippen LogP contribution in [0.1, 0.15) is 16.7 Å². The monoisotopic (exact) mass is 434 g/mol. The molecule has 3 rings (SSSR count). The molecule has 0 fully saturated rings. The maximum absolute atomic E-state index is 5.49. The molecular weight excluding hydrogens is 416 g/mol. The Morgan fingerprint density at radius 1 is 1.12 bits per heavy atom. The highest BCUT2D eigenvalue weighted by Gasteiger charge is 2.15. The lowest BCUT2D eigenvalue weighted by Crippen LogP contribution is -2.03. The number of rotatable bonds is 6. The van der Waals surface area contributed by atoms with E-state index in [1.54, 1.807) is 30.7 Å². The minimum Gasteiger partial charge on any atom is -0.496 e. The molecule has 0 radical (unpaired) electrons. The van der Waals surface area contributed by atoms with Gasteiger partial charge in [0.25, 0.3) is 0 Å². The number of methoxy groups -OCH3 is 2. The summed E-state index contributed by atoms with van der Waals surface area (Å²) in [4.78, 5) is 0. The summed E-state index contributed by atoms with van der Waals surface area (Å²) >= 11 is 5.03. The summed E-state index contributed by atoms with van der Waals surface area (Å²) in [7, 11) is 3.30. The van der Waals surface area contributed by atoms with Gasteiger partial charge in [0.1, 0.15) is 11.5 Å². The maximum Gasteiger partial charge on any atom is 0.214 e. The van der Waals surface area contributed by atoms with Crippen LogP contribution in [0.5, 0.6) is 11.5 Å². The van der Waals surface area contributed by atoms with Gasteiger partial charge in [-0.3, -0.25) is 0 Å². The Morgan fingerprint density at radius 2 is 1.88 bits per heavy atom. The summed E-state index contributed by atoms with van der Waals surface area (Å²) in [6.07, 6.45) is 0. The van der Waals surface area contributed by atoms with Crippen LogP contribution < -0.4 is 9.47 Å². The molecule has 1 heterocycles. The van der Waals surface area contributed by atoms with Crippen LogP contribution in [0, 0.1) is 13.8 Å². The van der Waals surface area contributed by atoms with Gasteiger partial charge in [-0.1, -0.05) is 23.9 Å². The van der Waals surface area contributed by atoms with Gasteiger partial charge in [-0.2, -0.15) is 4.68 Å². The minimum absolute atomic E-state index is 0.651. The van der Waals surface area contributed by atoms with Crippen molar-refractivity contribution in [3.05, 3.63) is 51.5 Å². The molecule has 0 N–H and O–H groups in total. The first-order valence-electron chi connectivity index (χ1n) is 7.93. The second-order valence-corrected chi connectivity index (χ2v) is 7.48. The van der Waals surface area contributed by atoms with Gasteiger partial charge < -0.3 is 9.47 Å². The van der Waals surface area contributed by atoms with Gasteiger partial charge in [-0.25, -0.2) is 0 Å². The molecule has 26 heavy (non-hydrogen) atoms. The number of nitrogens with zero attached hydrogens (tertiary/aromatic N) is 4. The summed E-state index contributed by atoms with van der Waals surface area (Å²) in [6, 6.07) is 9.97. The van der Waals surface area contributed by atoms with Crippen LogP contribution >= 0.6 is 27.7 Å². The number of aryl methyl sites for hydroxylation is 1. The Hall–Kier alpha value is -2.06. The number of tetrazole rings is 1. The summed E-state index contributed by atoms with van der Waals surface area (Å²) < 4.78 is 13.5. The molecule has 0 amide bonds. The van der Waals surface area contributed by atoms with Crippen molar-refractivity contribution >= 4 is 27.7 Å². The first-order chi connectivity index (χ1) is 12.5. The topological polar surface area (TPSA) is 62.1 Å². The molecule has 0 unspecified atom stereocenters. The van der Waals surface area contributed by atoms with Crippen LogP contribution in [0.2, 0.25) is 0 Å². The molecule has 1 aromatic heterocycles. The van der Waals surface area contributed by atoms with Crippen molar-refractivity contribution in [2.45, 2.75) is 24.8 Å². The molecule has 136 valence electrons. The third-order valence-corrected chi connectivity index (χ3v) is 5.74. The zero-order valence-electron chi connectivity index (χ0n) is 15.0. The third kappa shape index (κ3) is 3.71. The van der Waals surface area contributed by atoms with E-state index in [1.165, 1.54) is 5.56 Å². The van der Waals surface area contributed by atoms with Gasteiger partial charge in [0.15, 0.2) is 0 Å². The van der Waals surface area contributed by atoms with Crippen molar-refractivity contribution < 1.29 is 9.47 Å². The number of thioether (sulfide) groups is 1. The van der Waals surface area contributed by atoms with E-state index in [-0.39, 0.29) is 0 Å². The lowest BCUT2D eigenvalue weighted by atomic mass is 10.1. The van der Waals surface area contributed by atoms with E-state index in [1.807, 2.05) is 24.3 Å². The van der Waals surface area contributed by atoms with Crippen LogP contribution in [0.4, 0.5) is 0 Å². The lowest BCUT2D eigenvalue weighted by molar-refractivity contribution is 0.398. The highest BCUT2D eigenvalue weighted by molar-refractivity contribution is 9.10. The molecule has 6 nitrogen and oxygen atoms in total. The van der Waals surface area contributed by atoms with E-state index in [2.05, 4.69) is 51.4 Å². The average Bonchev–Trinajstić information content (AvgIpc) is 3.10.